The fourth-order valence-corrected chi connectivity index (χ4v) is 4.27. The molecule has 0 radical (unpaired) electrons. The van der Waals surface area contributed by atoms with Crippen molar-refractivity contribution in [2.75, 3.05) is 20.3 Å². The lowest BCUT2D eigenvalue weighted by Crippen LogP contribution is -2.30. The van der Waals surface area contributed by atoms with E-state index in [9.17, 15) is 18.4 Å². The van der Waals surface area contributed by atoms with Gasteiger partial charge in [0.15, 0.2) is 11.6 Å². The average molecular weight is 521 g/mol. The highest BCUT2D eigenvalue weighted by atomic mass is 19.1. The number of methoxy groups -OCH3 is 1. The van der Waals surface area contributed by atoms with Crippen molar-refractivity contribution in [3.8, 4) is 5.75 Å². The van der Waals surface area contributed by atoms with Gasteiger partial charge < -0.3 is 19.4 Å². The number of carbonyl (C=O) groups excluding carboxylic acids is 1. The van der Waals surface area contributed by atoms with E-state index in [4.69, 9.17) is 9.47 Å². The number of ether oxygens (including phenoxy) is 2. The summed E-state index contributed by atoms with van der Waals surface area (Å²) >= 11 is 0. The van der Waals surface area contributed by atoms with Crippen LogP contribution in [-0.4, -0.2) is 40.6 Å². The van der Waals surface area contributed by atoms with Gasteiger partial charge in [0.05, 0.1) is 50.6 Å². The second-order valence-corrected chi connectivity index (χ2v) is 9.07. The molecule has 2 aromatic heterocycles. The minimum Gasteiger partial charge on any atom is -0.494 e. The van der Waals surface area contributed by atoms with E-state index in [0.717, 1.165) is 17.2 Å². The normalized spacial score (nSPS) is 13.2. The first-order valence-electron chi connectivity index (χ1n) is 12.1. The lowest BCUT2D eigenvalue weighted by molar-refractivity contribution is 0.00620. The second-order valence-electron chi connectivity index (χ2n) is 9.07. The van der Waals surface area contributed by atoms with Gasteiger partial charge >= 0.3 is 0 Å². The van der Waals surface area contributed by atoms with E-state index in [1.54, 1.807) is 27.7 Å². The monoisotopic (exact) mass is 520 g/mol. The van der Waals surface area contributed by atoms with Crippen molar-refractivity contribution in [3.05, 3.63) is 117 Å². The Balaban J connectivity index is 1.30. The largest absolute Gasteiger partial charge is 0.494 e. The molecule has 1 amide bonds. The van der Waals surface area contributed by atoms with Gasteiger partial charge in [-0.25, -0.2) is 8.78 Å². The standard InChI is InChI=1S/C28H26F2N4O4/c1-37-24-10-9-23(29)21(26(24)30)12-31-28(36)22-15-34(32-27(22)20-16-38-17-20)14-19-7-5-18(6-8-19)13-33-11-3-2-4-25(33)35/h2-11,15,20H,12-14,16-17H2,1H3,(H,31,36). The van der Waals surface area contributed by atoms with Gasteiger partial charge in [-0.05, 0) is 29.3 Å². The van der Waals surface area contributed by atoms with Crippen LogP contribution in [0.3, 0.4) is 0 Å². The summed E-state index contributed by atoms with van der Waals surface area (Å²) in [5, 5.41) is 7.24. The third kappa shape index (κ3) is 5.35. The molecule has 0 atom stereocenters. The summed E-state index contributed by atoms with van der Waals surface area (Å²) in [4.78, 5) is 25.0. The molecule has 0 aliphatic carbocycles. The maximum Gasteiger partial charge on any atom is 0.255 e. The molecule has 1 saturated heterocycles. The van der Waals surface area contributed by atoms with Gasteiger partial charge in [0.2, 0.25) is 0 Å². The van der Waals surface area contributed by atoms with E-state index < -0.39 is 17.5 Å². The molecule has 8 nitrogen and oxygen atoms in total. The van der Waals surface area contributed by atoms with Crippen molar-refractivity contribution in [3.63, 3.8) is 0 Å². The average Bonchev–Trinajstić information content (AvgIpc) is 3.28. The Labute approximate surface area is 217 Å². The van der Waals surface area contributed by atoms with Crippen LogP contribution in [0.5, 0.6) is 5.75 Å². The summed E-state index contributed by atoms with van der Waals surface area (Å²) in [5.41, 5.74) is 2.51. The van der Waals surface area contributed by atoms with Crippen molar-refractivity contribution in [2.24, 2.45) is 0 Å². The smallest absolute Gasteiger partial charge is 0.255 e. The van der Waals surface area contributed by atoms with Crippen LogP contribution in [0.4, 0.5) is 8.78 Å². The van der Waals surface area contributed by atoms with E-state index in [0.29, 0.717) is 37.6 Å². The molecule has 0 saturated carbocycles. The molecular formula is C28H26F2N4O4. The Morgan fingerprint density at radius 1 is 1.08 bits per heavy atom. The van der Waals surface area contributed by atoms with Gasteiger partial charge in [-0.1, -0.05) is 30.3 Å². The van der Waals surface area contributed by atoms with Gasteiger partial charge in [-0.2, -0.15) is 5.10 Å². The lowest BCUT2D eigenvalue weighted by atomic mass is 10.00. The Bertz CT molecular complexity index is 1510. The molecule has 1 aliphatic rings. The molecule has 1 N–H and O–H groups in total. The van der Waals surface area contributed by atoms with E-state index >= 15 is 0 Å². The van der Waals surface area contributed by atoms with Gasteiger partial charge in [0.25, 0.3) is 11.5 Å². The maximum absolute atomic E-state index is 14.5. The highest BCUT2D eigenvalue weighted by Gasteiger charge is 2.29. The Hall–Kier alpha value is -4.31. The number of hydrogen-bond acceptors (Lipinski definition) is 5. The van der Waals surface area contributed by atoms with Crippen molar-refractivity contribution in [1.29, 1.82) is 0 Å². The summed E-state index contributed by atoms with van der Waals surface area (Å²) in [6.07, 6.45) is 3.38. The number of nitrogens with one attached hydrogen (secondary N) is 1. The molecule has 1 fully saturated rings. The molecule has 5 rings (SSSR count). The van der Waals surface area contributed by atoms with Gasteiger partial charge in [-0.15, -0.1) is 0 Å². The van der Waals surface area contributed by atoms with Crippen LogP contribution in [0.1, 0.15) is 38.7 Å². The van der Waals surface area contributed by atoms with Crippen LogP contribution < -0.4 is 15.6 Å². The van der Waals surface area contributed by atoms with Crippen LogP contribution in [-0.2, 0) is 24.4 Å². The third-order valence-corrected chi connectivity index (χ3v) is 6.48. The quantitative estimate of drug-likeness (QED) is 0.365. The number of aromatic nitrogens is 3. The number of benzene rings is 2. The first kappa shape index (κ1) is 25.3. The summed E-state index contributed by atoms with van der Waals surface area (Å²) in [6.45, 7) is 1.43. The number of halogens is 2. The summed E-state index contributed by atoms with van der Waals surface area (Å²) in [6, 6.07) is 15.1. The molecule has 2 aromatic carbocycles. The molecule has 1 aliphatic heterocycles. The van der Waals surface area contributed by atoms with E-state index in [-0.39, 0.29) is 29.3 Å². The Kier molecular flexibility index (Phi) is 7.32. The molecule has 4 aromatic rings. The molecule has 10 heteroatoms. The van der Waals surface area contributed by atoms with E-state index in [2.05, 4.69) is 10.4 Å². The predicted octanol–water partition coefficient (Wildman–Crippen LogP) is 3.47. The van der Waals surface area contributed by atoms with E-state index in [1.165, 1.54) is 19.2 Å². The zero-order chi connectivity index (χ0) is 26.6. The number of carbonyl (C=O) groups is 1. The van der Waals surface area contributed by atoms with Gasteiger partial charge in [-0.3, -0.25) is 14.3 Å². The van der Waals surface area contributed by atoms with E-state index in [1.807, 2.05) is 30.3 Å². The highest BCUT2D eigenvalue weighted by Crippen LogP contribution is 2.27. The third-order valence-electron chi connectivity index (χ3n) is 6.48. The first-order valence-corrected chi connectivity index (χ1v) is 12.1. The molecule has 0 spiro atoms. The Morgan fingerprint density at radius 3 is 2.47 bits per heavy atom. The predicted molar refractivity (Wildman–Crippen MR) is 135 cm³/mol. The SMILES string of the molecule is COc1ccc(F)c(CNC(=O)c2cn(Cc3ccc(Cn4ccccc4=O)cc3)nc2C2COC2)c1F. The lowest BCUT2D eigenvalue weighted by Gasteiger charge is -2.25. The molecule has 0 bridgehead atoms. The molecule has 38 heavy (non-hydrogen) atoms. The number of pyridine rings is 1. The van der Waals surface area contributed by atoms with Crippen LogP contribution >= 0.6 is 0 Å². The van der Waals surface area contributed by atoms with Crippen LogP contribution in [0.15, 0.2) is 71.8 Å². The van der Waals surface area contributed by atoms with Gasteiger partial charge in [0.1, 0.15) is 5.82 Å². The number of amides is 1. The fraction of sp³-hybridized carbons (Fsp3) is 0.250. The van der Waals surface area contributed by atoms with Crippen molar-refractivity contribution < 1.29 is 23.0 Å². The highest BCUT2D eigenvalue weighted by molar-refractivity contribution is 5.95. The van der Waals surface area contributed by atoms with Crippen LogP contribution in [0.2, 0.25) is 0 Å². The topological polar surface area (TPSA) is 87.4 Å². The molecule has 196 valence electrons. The molecule has 0 unspecified atom stereocenters. The number of nitrogens with zero attached hydrogens (tertiary/aromatic N) is 3. The number of hydrogen-bond donors (Lipinski definition) is 1. The summed E-state index contributed by atoms with van der Waals surface area (Å²) in [5.74, 6) is -2.24. The maximum atomic E-state index is 14.5. The van der Waals surface area contributed by atoms with Crippen LogP contribution in [0, 0.1) is 11.6 Å². The van der Waals surface area contributed by atoms with Crippen molar-refractivity contribution in [1.82, 2.24) is 19.7 Å². The molecular weight excluding hydrogens is 494 g/mol. The number of rotatable bonds is 9. The zero-order valence-corrected chi connectivity index (χ0v) is 20.7. The van der Waals surface area contributed by atoms with Crippen LogP contribution in [0.25, 0.3) is 0 Å². The minimum absolute atomic E-state index is 0.0335. The first-order chi connectivity index (χ1) is 18.4. The second kappa shape index (κ2) is 11.0. The Morgan fingerprint density at radius 2 is 1.82 bits per heavy atom. The summed E-state index contributed by atoms with van der Waals surface area (Å²) < 4.78 is 42.2. The fourth-order valence-electron chi connectivity index (χ4n) is 4.27. The van der Waals surface area contributed by atoms with Crippen molar-refractivity contribution >= 4 is 5.91 Å². The summed E-state index contributed by atoms with van der Waals surface area (Å²) in [7, 11) is 1.29. The van der Waals surface area contributed by atoms with Crippen molar-refractivity contribution in [2.45, 2.75) is 25.6 Å². The zero-order valence-electron chi connectivity index (χ0n) is 20.7. The molecule has 3 heterocycles. The van der Waals surface area contributed by atoms with Gasteiger partial charge in [0, 0.05) is 30.6 Å². The minimum atomic E-state index is -0.850.